The van der Waals surface area contributed by atoms with E-state index in [1.807, 2.05) is 0 Å². The van der Waals surface area contributed by atoms with E-state index in [0.29, 0.717) is 17.8 Å². The van der Waals surface area contributed by atoms with Crippen LogP contribution in [0.2, 0.25) is 0 Å². The van der Waals surface area contributed by atoms with Crippen molar-refractivity contribution in [2.45, 2.75) is 38.4 Å². The van der Waals surface area contributed by atoms with Gasteiger partial charge in [-0.3, -0.25) is 14.2 Å². The largest absolute Gasteiger partial charge is 0.416 e. The average molecular weight is 500 g/mol. The van der Waals surface area contributed by atoms with E-state index in [-0.39, 0.29) is 24.0 Å². The summed E-state index contributed by atoms with van der Waals surface area (Å²) in [5.74, 6) is -0.813. The van der Waals surface area contributed by atoms with Crippen LogP contribution in [0, 0.1) is 6.92 Å². The van der Waals surface area contributed by atoms with Crippen molar-refractivity contribution in [2.75, 3.05) is 6.61 Å². The number of imidazole rings is 1. The van der Waals surface area contributed by atoms with Crippen LogP contribution >= 0.6 is 0 Å². The van der Waals surface area contributed by atoms with Crippen molar-refractivity contribution in [1.29, 1.82) is 0 Å². The number of aliphatic hydroxyl groups excluding tert-OH is 1. The molecule has 0 saturated carbocycles. The Morgan fingerprint density at radius 1 is 1.03 bits per heavy atom. The molecule has 1 amide bonds. The molecule has 0 bridgehead atoms. The molecule has 3 heterocycles. The summed E-state index contributed by atoms with van der Waals surface area (Å²) in [4.78, 5) is 31.2. The lowest BCUT2D eigenvalue weighted by atomic mass is 10.0. The molecule has 1 aliphatic rings. The highest BCUT2D eigenvalue weighted by Gasteiger charge is 2.38. The number of carbonyl (C=O) groups is 1. The Balaban J connectivity index is 1.74. The predicted molar refractivity (Wildman–Crippen MR) is 110 cm³/mol. The summed E-state index contributed by atoms with van der Waals surface area (Å²) in [5, 5.41) is 9.85. The number of hydrogen-bond acceptors (Lipinski definition) is 4. The first-order chi connectivity index (χ1) is 16.3. The summed E-state index contributed by atoms with van der Waals surface area (Å²) in [6, 6.07) is 2.71. The molecular formula is C22H18F6N4O3. The van der Waals surface area contributed by atoms with Crippen LogP contribution in [0.25, 0.3) is 5.69 Å². The fraction of sp³-hybridized carbons (Fsp3) is 0.318. The van der Waals surface area contributed by atoms with Gasteiger partial charge in [-0.15, -0.1) is 0 Å². The summed E-state index contributed by atoms with van der Waals surface area (Å²) in [6.07, 6.45) is -7.08. The Hall–Kier alpha value is -3.61. The number of hydrogen-bond donors (Lipinski definition) is 1. The van der Waals surface area contributed by atoms with E-state index in [1.165, 1.54) is 23.0 Å². The van der Waals surface area contributed by atoms with Gasteiger partial charge in [0.25, 0.3) is 11.5 Å². The predicted octanol–water partition coefficient (Wildman–Crippen LogP) is 3.40. The number of nitrogens with zero attached hydrogens (tertiary/aromatic N) is 4. The molecule has 186 valence electrons. The van der Waals surface area contributed by atoms with E-state index < -0.39 is 59.7 Å². The molecule has 0 unspecified atom stereocenters. The first-order valence-electron chi connectivity index (χ1n) is 10.2. The molecule has 2 aromatic heterocycles. The number of carbonyl (C=O) groups excluding carboxylic acids is 1. The van der Waals surface area contributed by atoms with Crippen LogP contribution in [0.15, 0.2) is 47.7 Å². The quantitative estimate of drug-likeness (QED) is 0.557. The van der Waals surface area contributed by atoms with Crippen LogP contribution in [0.3, 0.4) is 0 Å². The molecule has 4 rings (SSSR count). The third kappa shape index (κ3) is 4.67. The van der Waals surface area contributed by atoms with E-state index in [2.05, 4.69) is 4.98 Å². The highest BCUT2D eigenvalue weighted by Crippen LogP contribution is 2.37. The second-order valence-corrected chi connectivity index (χ2v) is 8.13. The van der Waals surface area contributed by atoms with Gasteiger partial charge in [-0.25, -0.2) is 4.98 Å². The second kappa shape index (κ2) is 8.56. The van der Waals surface area contributed by atoms with Gasteiger partial charge in [0.2, 0.25) is 0 Å². The zero-order valence-electron chi connectivity index (χ0n) is 18.1. The summed E-state index contributed by atoms with van der Waals surface area (Å²) in [6.45, 7) is 0.210. The fourth-order valence-corrected chi connectivity index (χ4v) is 3.97. The van der Waals surface area contributed by atoms with Gasteiger partial charge in [-0.05, 0) is 42.8 Å². The average Bonchev–Trinajstić information content (AvgIpc) is 3.20. The lowest BCUT2D eigenvalue weighted by Crippen LogP contribution is -2.52. The lowest BCUT2D eigenvalue weighted by Gasteiger charge is -2.36. The van der Waals surface area contributed by atoms with Crippen molar-refractivity contribution >= 4 is 5.91 Å². The number of aliphatic hydroxyl groups is 1. The Labute approximate surface area is 193 Å². The smallest absolute Gasteiger partial charge is 0.394 e. The van der Waals surface area contributed by atoms with Crippen molar-refractivity contribution in [3.05, 3.63) is 81.3 Å². The maximum atomic E-state index is 13.2. The van der Waals surface area contributed by atoms with Crippen LogP contribution in [-0.4, -0.2) is 42.7 Å². The van der Waals surface area contributed by atoms with Crippen molar-refractivity contribution in [1.82, 2.24) is 19.0 Å². The van der Waals surface area contributed by atoms with Gasteiger partial charge < -0.3 is 14.6 Å². The third-order valence-corrected chi connectivity index (χ3v) is 5.67. The van der Waals surface area contributed by atoms with Gasteiger partial charge in [0.15, 0.2) is 0 Å². The molecule has 0 radical (unpaired) electrons. The molecule has 13 heteroatoms. The number of fused-ring (bicyclic) bond motifs is 1. The number of halogens is 6. The summed E-state index contributed by atoms with van der Waals surface area (Å²) >= 11 is 0. The van der Waals surface area contributed by atoms with Gasteiger partial charge in [-0.2, -0.15) is 26.3 Å². The van der Waals surface area contributed by atoms with E-state index >= 15 is 0 Å². The second-order valence-electron chi connectivity index (χ2n) is 8.13. The molecule has 35 heavy (non-hydrogen) atoms. The van der Waals surface area contributed by atoms with E-state index in [9.17, 15) is 41.0 Å². The number of amides is 1. The van der Waals surface area contributed by atoms with Crippen LogP contribution in [0.1, 0.15) is 32.9 Å². The minimum absolute atomic E-state index is 0.000735. The topological polar surface area (TPSA) is 80.4 Å². The monoisotopic (exact) mass is 500 g/mol. The van der Waals surface area contributed by atoms with E-state index in [1.54, 1.807) is 13.1 Å². The number of rotatable bonds is 4. The molecule has 0 spiro atoms. The standard InChI is InChI=1S/C22H18F6N4O3/c1-12-7-30(11-29-12)17-2-3-18-20(35)31(16(10-33)9-32(18)19(17)34)8-13-4-14(21(23,24)25)6-15(5-13)22(26,27)28/h2-7,11,16,33H,8-10H2,1H3/t16-/m0/s1. The molecule has 1 aromatic carbocycles. The summed E-state index contributed by atoms with van der Waals surface area (Å²) < 4.78 is 81.9. The molecule has 1 N–H and O–H groups in total. The zero-order chi connectivity index (χ0) is 25.7. The van der Waals surface area contributed by atoms with Crippen LogP contribution < -0.4 is 5.56 Å². The summed E-state index contributed by atoms with van der Waals surface area (Å²) in [7, 11) is 0. The molecule has 3 aromatic rings. The first-order valence-corrected chi connectivity index (χ1v) is 10.2. The lowest BCUT2D eigenvalue weighted by molar-refractivity contribution is -0.143. The molecule has 7 nitrogen and oxygen atoms in total. The summed E-state index contributed by atoms with van der Waals surface area (Å²) in [5.41, 5.74) is -3.29. The van der Waals surface area contributed by atoms with E-state index in [4.69, 9.17) is 0 Å². The number of alkyl halides is 6. The number of benzene rings is 1. The number of pyridine rings is 1. The Morgan fingerprint density at radius 2 is 1.66 bits per heavy atom. The van der Waals surface area contributed by atoms with Crippen molar-refractivity contribution in [3.8, 4) is 5.69 Å². The van der Waals surface area contributed by atoms with Crippen molar-refractivity contribution in [3.63, 3.8) is 0 Å². The molecule has 0 saturated heterocycles. The highest BCUT2D eigenvalue weighted by molar-refractivity contribution is 5.93. The van der Waals surface area contributed by atoms with Gasteiger partial charge in [0.1, 0.15) is 11.4 Å². The number of aromatic nitrogens is 3. The van der Waals surface area contributed by atoms with Crippen LogP contribution in [0.4, 0.5) is 26.3 Å². The van der Waals surface area contributed by atoms with Gasteiger partial charge in [0, 0.05) is 19.3 Å². The normalized spacial score (nSPS) is 16.5. The Morgan fingerprint density at radius 3 is 2.17 bits per heavy atom. The first kappa shape index (κ1) is 24.5. The van der Waals surface area contributed by atoms with Crippen LogP contribution in [0.5, 0.6) is 0 Å². The zero-order valence-corrected chi connectivity index (χ0v) is 18.1. The minimum atomic E-state index is -5.04. The SMILES string of the molecule is Cc1cn(-c2ccc3n(c2=O)C[C@@H](CO)N(Cc2cc(C(F)(F)F)cc(C(F)(F)F)c2)C3=O)cn1. The van der Waals surface area contributed by atoms with Crippen molar-refractivity contribution < 1.29 is 36.2 Å². The molecule has 1 aliphatic heterocycles. The Kier molecular flexibility index (Phi) is 5.99. The van der Waals surface area contributed by atoms with Gasteiger partial charge in [0.05, 0.1) is 35.8 Å². The maximum Gasteiger partial charge on any atom is 0.416 e. The third-order valence-electron chi connectivity index (χ3n) is 5.67. The maximum absolute atomic E-state index is 13.2. The molecule has 0 aliphatic carbocycles. The van der Waals surface area contributed by atoms with E-state index in [0.717, 1.165) is 9.47 Å². The van der Waals surface area contributed by atoms with Crippen molar-refractivity contribution in [2.24, 2.45) is 0 Å². The Bertz CT molecular complexity index is 1310. The van der Waals surface area contributed by atoms with Gasteiger partial charge in [-0.1, -0.05) is 0 Å². The van der Waals surface area contributed by atoms with Crippen LogP contribution in [-0.2, 0) is 25.4 Å². The number of aryl methyl sites for hydroxylation is 1. The molecular weight excluding hydrogens is 482 g/mol. The fourth-order valence-electron chi connectivity index (χ4n) is 3.97. The van der Waals surface area contributed by atoms with Gasteiger partial charge >= 0.3 is 12.4 Å². The molecule has 0 fully saturated rings. The molecule has 1 atom stereocenters. The highest BCUT2D eigenvalue weighted by atomic mass is 19.4. The minimum Gasteiger partial charge on any atom is -0.394 e.